The molecule has 1 heterocycles. The molecule has 0 atom stereocenters. The molecule has 0 amide bonds. The van der Waals surface area contributed by atoms with E-state index in [9.17, 15) is 0 Å². The molecular weight excluding hydrogens is 178 g/mol. The second kappa shape index (κ2) is 2.18. The molecule has 3 rings (SSSR count). The Morgan fingerprint density at radius 1 is 1.23 bits per heavy atom. The molecule has 70 valence electrons. The molecular formula is C11H15NS. The van der Waals surface area contributed by atoms with Gasteiger partial charge in [-0.3, -0.25) is 0 Å². The molecule has 2 heteroatoms. The highest BCUT2D eigenvalue weighted by Gasteiger charge is 2.64. The summed E-state index contributed by atoms with van der Waals surface area (Å²) >= 11 is 1.82. The van der Waals surface area contributed by atoms with Gasteiger partial charge in [0.05, 0.1) is 0 Å². The van der Waals surface area contributed by atoms with Crippen molar-refractivity contribution < 1.29 is 0 Å². The Kier molecular flexibility index (Phi) is 1.34. The highest BCUT2D eigenvalue weighted by atomic mass is 32.1. The Bertz CT molecular complexity index is 345. The summed E-state index contributed by atoms with van der Waals surface area (Å²) in [4.78, 5) is 0. The van der Waals surface area contributed by atoms with Crippen LogP contribution in [0.1, 0.15) is 36.8 Å². The topological polar surface area (TPSA) is 26.0 Å². The van der Waals surface area contributed by atoms with Gasteiger partial charge in [0.2, 0.25) is 0 Å². The van der Waals surface area contributed by atoms with Crippen LogP contribution in [0, 0.1) is 6.92 Å². The lowest BCUT2D eigenvalue weighted by Crippen LogP contribution is -2.37. The normalized spacial score (nSPS) is 27.2. The van der Waals surface area contributed by atoms with Crippen molar-refractivity contribution in [2.45, 2.75) is 43.6 Å². The van der Waals surface area contributed by atoms with Gasteiger partial charge in [-0.1, -0.05) is 0 Å². The number of hydrogen-bond donors (Lipinski definition) is 1. The Hall–Kier alpha value is -0.340. The molecule has 0 aromatic carbocycles. The minimum Gasteiger partial charge on any atom is -0.324 e. The molecule has 2 saturated carbocycles. The lowest BCUT2D eigenvalue weighted by molar-refractivity contribution is 0.502. The standard InChI is InChI=1S/C11H15NS/c1-8-6-13-7-9(8)10(2-3-10)11(12)4-5-11/h6-7H,2-5,12H2,1H3. The zero-order valence-electron chi connectivity index (χ0n) is 7.97. The lowest BCUT2D eigenvalue weighted by Gasteiger charge is -2.22. The molecule has 0 radical (unpaired) electrons. The molecule has 0 saturated heterocycles. The lowest BCUT2D eigenvalue weighted by atomic mass is 9.86. The van der Waals surface area contributed by atoms with Gasteiger partial charge in [0.25, 0.3) is 0 Å². The maximum absolute atomic E-state index is 6.35. The first kappa shape index (κ1) is 8.01. The molecule has 0 spiro atoms. The first-order chi connectivity index (χ1) is 6.18. The van der Waals surface area contributed by atoms with Crippen LogP contribution in [0.15, 0.2) is 10.8 Å². The van der Waals surface area contributed by atoms with Crippen LogP contribution >= 0.6 is 11.3 Å². The zero-order valence-corrected chi connectivity index (χ0v) is 8.79. The van der Waals surface area contributed by atoms with Crippen molar-refractivity contribution in [3.8, 4) is 0 Å². The summed E-state index contributed by atoms with van der Waals surface area (Å²) in [6.07, 6.45) is 5.12. The molecule has 0 unspecified atom stereocenters. The third-order valence-corrected chi connectivity index (χ3v) is 4.72. The van der Waals surface area contributed by atoms with E-state index in [-0.39, 0.29) is 5.54 Å². The molecule has 2 aliphatic carbocycles. The van der Waals surface area contributed by atoms with Gasteiger partial charge < -0.3 is 5.73 Å². The van der Waals surface area contributed by atoms with E-state index < -0.39 is 0 Å². The van der Waals surface area contributed by atoms with Crippen molar-refractivity contribution in [2.75, 3.05) is 0 Å². The summed E-state index contributed by atoms with van der Waals surface area (Å²) in [5, 5.41) is 4.57. The van der Waals surface area contributed by atoms with Gasteiger partial charge in [-0.15, -0.1) is 0 Å². The van der Waals surface area contributed by atoms with Gasteiger partial charge in [-0.25, -0.2) is 0 Å². The van der Waals surface area contributed by atoms with Gasteiger partial charge in [0.15, 0.2) is 0 Å². The highest BCUT2D eigenvalue weighted by Crippen LogP contribution is 2.64. The molecule has 1 nitrogen and oxygen atoms in total. The first-order valence-corrected chi connectivity index (χ1v) is 5.94. The first-order valence-electron chi connectivity index (χ1n) is 5.00. The van der Waals surface area contributed by atoms with E-state index in [0.717, 1.165) is 0 Å². The highest BCUT2D eigenvalue weighted by molar-refractivity contribution is 7.08. The fraction of sp³-hybridized carbons (Fsp3) is 0.636. The van der Waals surface area contributed by atoms with Crippen LogP contribution in [0.2, 0.25) is 0 Å². The van der Waals surface area contributed by atoms with E-state index in [1.165, 1.54) is 31.2 Å². The molecule has 2 N–H and O–H groups in total. The Balaban J connectivity index is 2.05. The predicted molar refractivity (Wildman–Crippen MR) is 56.1 cm³/mol. The Morgan fingerprint density at radius 2 is 1.92 bits per heavy atom. The molecule has 13 heavy (non-hydrogen) atoms. The molecule has 2 fully saturated rings. The Morgan fingerprint density at radius 3 is 2.31 bits per heavy atom. The van der Waals surface area contributed by atoms with E-state index in [0.29, 0.717) is 5.41 Å². The van der Waals surface area contributed by atoms with Crippen LogP contribution in [-0.2, 0) is 5.41 Å². The van der Waals surface area contributed by atoms with Gasteiger partial charge in [-0.2, -0.15) is 11.3 Å². The van der Waals surface area contributed by atoms with Gasteiger partial charge in [0.1, 0.15) is 0 Å². The van der Waals surface area contributed by atoms with Crippen molar-refractivity contribution in [2.24, 2.45) is 5.73 Å². The van der Waals surface area contributed by atoms with E-state index in [2.05, 4.69) is 17.7 Å². The monoisotopic (exact) mass is 193 g/mol. The summed E-state index contributed by atoms with van der Waals surface area (Å²) in [5.74, 6) is 0. The van der Waals surface area contributed by atoms with Crippen LogP contribution in [-0.4, -0.2) is 5.54 Å². The number of nitrogens with two attached hydrogens (primary N) is 1. The van der Waals surface area contributed by atoms with Crippen molar-refractivity contribution in [3.05, 3.63) is 21.9 Å². The van der Waals surface area contributed by atoms with E-state index in [1.54, 1.807) is 5.56 Å². The summed E-state index contributed by atoms with van der Waals surface area (Å²) in [6.45, 7) is 2.22. The average molecular weight is 193 g/mol. The maximum Gasteiger partial charge on any atom is 0.0254 e. The minimum atomic E-state index is 0.179. The molecule has 0 aliphatic heterocycles. The number of rotatable bonds is 2. The number of thiophene rings is 1. The molecule has 2 aliphatic rings. The van der Waals surface area contributed by atoms with Crippen molar-refractivity contribution in [1.82, 2.24) is 0 Å². The summed E-state index contributed by atoms with van der Waals surface area (Å²) < 4.78 is 0. The molecule has 0 bridgehead atoms. The predicted octanol–water partition coefficient (Wildman–Crippen LogP) is 2.58. The van der Waals surface area contributed by atoms with Crippen molar-refractivity contribution in [3.63, 3.8) is 0 Å². The summed E-state index contributed by atoms with van der Waals surface area (Å²) in [6, 6.07) is 0. The van der Waals surface area contributed by atoms with Crippen LogP contribution in [0.3, 0.4) is 0 Å². The van der Waals surface area contributed by atoms with E-state index in [1.807, 2.05) is 11.3 Å². The minimum absolute atomic E-state index is 0.179. The van der Waals surface area contributed by atoms with Crippen LogP contribution in [0.4, 0.5) is 0 Å². The smallest absolute Gasteiger partial charge is 0.0254 e. The molecule has 1 aromatic heterocycles. The van der Waals surface area contributed by atoms with Crippen LogP contribution in [0.5, 0.6) is 0 Å². The Labute approximate surface area is 83.0 Å². The van der Waals surface area contributed by atoms with Gasteiger partial charge in [0, 0.05) is 11.0 Å². The number of hydrogen-bond acceptors (Lipinski definition) is 2. The summed E-state index contributed by atoms with van der Waals surface area (Å²) in [7, 11) is 0. The molecule has 1 aromatic rings. The number of aryl methyl sites for hydroxylation is 1. The quantitative estimate of drug-likeness (QED) is 0.767. The van der Waals surface area contributed by atoms with E-state index in [4.69, 9.17) is 5.73 Å². The largest absolute Gasteiger partial charge is 0.324 e. The van der Waals surface area contributed by atoms with Crippen LogP contribution < -0.4 is 5.73 Å². The zero-order chi connectivity index (χ0) is 9.10. The maximum atomic E-state index is 6.35. The second-order valence-corrected chi connectivity index (χ2v) is 5.45. The average Bonchev–Trinajstić information content (AvgIpc) is 2.98. The van der Waals surface area contributed by atoms with Crippen LogP contribution in [0.25, 0.3) is 0 Å². The fourth-order valence-electron chi connectivity index (χ4n) is 2.62. The van der Waals surface area contributed by atoms with Gasteiger partial charge in [-0.05, 0) is 54.5 Å². The van der Waals surface area contributed by atoms with Gasteiger partial charge >= 0.3 is 0 Å². The third-order valence-electron chi connectivity index (χ3n) is 3.86. The fourth-order valence-corrected chi connectivity index (χ4v) is 3.57. The third kappa shape index (κ3) is 0.906. The second-order valence-electron chi connectivity index (χ2n) is 4.71. The SMILES string of the molecule is Cc1cscc1C1(C2(N)CC2)CC1. The van der Waals surface area contributed by atoms with E-state index >= 15 is 0 Å². The van der Waals surface area contributed by atoms with Crippen molar-refractivity contribution >= 4 is 11.3 Å². The van der Waals surface area contributed by atoms with Crippen molar-refractivity contribution in [1.29, 1.82) is 0 Å². The summed E-state index contributed by atoms with van der Waals surface area (Å²) in [5.41, 5.74) is 9.94.